The molecule has 2 aromatic carbocycles. The highest BCUT2D eigenvalue weighted by Crippen LogP contribution is 2.15. The zero-order valence-electron chi connectivity index (χ0n) is 13.5. The molecule has 130 valence electrons. The summed E-state index contributed by atoms with van der Waals surface area (Å²) in [5.74, 6) is -0.984. The minimum absolute atomic E-state index is 0.121. The summed E-state index contributed by atoms with van der Waals surface area (Å²) in [5.41, 5.74) is 0.798. The van der Waals surface area contributed by atoms with E-state index in [4.69, 9.17) is 4.74 Å². The van der Waals surface area contributed by atoms with Gasteiger partial charge in [-0.05, 0) is 48.5 Å². The third-order valence-electron chi connectivity index (χ3n) is 3.32. The van der Waals surface area contributed by atoms with Crippen molar-refractivity contribution in [3.05, 3.63) is 65.5 Å². The van der Waals surface area contributed by atoms with Crippen LogP contribution in [0.2, 0.25) is 0 Å². The van der Waals surface area contributed by atoms with Crippen LogP contribution in [0.5, 0.6) is 5.75 Å². The summed E-state index contributed by atoms with van der Waals surface area (Å²) >= 11 is 0. The van der Waals surface area contributed by atoms with Gasteiger partial charge < -0.3 is 15.4 Å². The number of halogens is 1. The maximum Gasteiger partial charge on any atom is 0.258 e. The fourth-order valence-corrected chi connectivity index (χ4v) is 1.94. The van der Waals surface area contributed by atoms with E-state index in [-0.39, 0.29) is 24.8 Å². The Hall–Kier alpha value is -3.22. The second kappa shape index (κ2) is 8.58. The second-order valence-corrected chi connectivity index (χ2v) is 5.10. The third kappa shape index (κ3) is 5.42. The Balaban J connectivity index is 1.89. The van der Waals surface area contributed by atoms with Crippen molar-refractivity contribution in [2.75, 3.05) is 20.2 Å². The number of ketones is 1. The van der Waals surface area contributed by atoms with Gasteiger partial charge in [0.2, 0.25) is 5.91 Å². The monoisotopic (exact) mass is 344 g/mol. The minimum atomic E-state index is -0.435. The van der Waals surface area contributed by atoms with E-state index in [9.17, 15) is 18.8 Å². The highest BCUT2D eigenvalue weighted by atomic mass is 19.1. The van der Waals surface area contributed by atoms with E-state index in [2.05, 4.69) is 10.6 Å². The van der Waals surface area contributed by atoms with Gasteiger partial charge in [0.05, 0.1) is 6.54 Å². The molecule has 0 aliphatic heterocycles. The van der Waals surface area contributed by atoms with Crippen LogP contribution in [0.3, 0.4) is 0 Å². The van der Waals surface area contributed by atoms with Gasteiger partial charge in [0.25, 0.3) is 5.91 Å². The lowest BCUT2D eigenvalue weighted by atomic mass is 10.0. The van der Waals surface area contributed by atoms with Crippen LogP contribution in [0.1, 0.15) is 15.9 Å². The number of likely N-dealkylation sites (N-methyl/N-ethyl adjacent to an activating group) is 1. The maximum atomic E-state index is 12.9. The summed E-state index contributed by atoms with van der Waals surface area (Å²) in [6, 6.07) is 11.5. The van der Waals surface area contributed by atoms with Crippen LogP contribution in [0, 0.1) is 5.82 Å². The van der Waals surface area contributed by atoms with Crippen molar-refractivity contribution >= 4 is 17.6 Å². The Morgan fingerprint density at radius 1 is 0.920 bits per heavy atom. The molecule has 6 nitrogen and oxygen atoms in total. The zero-order valence-corrected chi connectivity index (χ0v) is 13.5. The molecule has 0 saturated heterocycles. The predicted molar refractivity (Wildman–Crippen MR) is 88.8 cm³/mol. The smallest absolute Gasteiger partial charge is 0.258 e. The SMILES string of the molecule is CNC(=O)CNC(=O)COc1ccc(C(=O)c2ccc(F)cc2)cc1. The van der Waals surface area contributed by atoms with Crippen LogP contribution in [-0.2, 0) is 9.59 Å². The molecule has 2 rings (SSSR count). The summed E-state index contributed by atoms with van der Waals surface area (Å²) in [4.78, 5) is 34.8. The Labute approximate surface area is 144 Å². The molecule has 0 radical (unpaired) electrons. The van der Waals surface area contributed by atoms with Gasteiger partial charge in [-0.25, -0.2) is 4.39 Å². The molecule has 2 aromatic rings. The van der Waals surface area contributed by atoms with Gasteiger partial charge in [-0.2, -0.15) is 0 Å². The molecule has 0 saturated carbocycles. The molecule has 0 heterocycles. The average molecular weight is 344 g/mol. The standard InChI is InChI=1S/C18H17FN2O4/c1-20-16(22)10-21-17(23)11-25-15-8-4-13(5-9-15)18(24)12-2-6-14(19)7-3-12/h2-9H,10-11H2,1H3,(H,20,22)(H,21,23). The van der Waals surface area contributed by atoms with E-state index >= 15 is 0 Å². The van der Waals surface area contributed by atoms with Crippen molar-refractivity contribution in [1.29, 1.82) is 0 Å². The fraction of sp³-hybridized carbons (Fsp3) is 0.167. The summed E-state index contributed by atoms with van der Waals surface area (Å²) in [5, 5.41) is 4.78. The molecule has 0 aromatic heterocycles. The van der Waals surface area contributed by atoms with Crippen molar-refractivity contribution in [3.8, 4) is 5.75 Å². The molecule has 0 aliphatic carbocycles. The quantitative estimate of drug-likeness (QED) is 0.742. The van der Waals surface area contributed by atoms with Crippen molar-refractivity contribution < 1.29 is 23.5 Å². The van der Waals surface area contributed by atoms with E-state index in [0.717, 1.165) is 0 Å². The van der Waals surface area contributed by atoms with Crippen LogP contribution in [-0.4, -0.2) is 37.8 Å². The van der Waals surface area contributed by atoms with E-state index in [1.54, 1.807) is 24.3 Å². The van der Waals surface area contributed by atoms with Crippen LogP contribution in [0.4, 0.5) is 4.39 Å². The lowest BCUT2D eigenvalue weighted by Gasteiger charge is -2.08. The molecule has 7 heteroatoms. The lowest BCUT2D eigenvalue weighted by Crippen LogP contribution is -2.37. The number of carbonyl (C=O) groups excluding carboxylic acids is 3. The topological polar surface area (TPSA) is 84.5 Å². The van der Waals surface area contributed by atoms with Crippen molar-refractivity contribution in [1.82, 2.24) is 10.6 Å². The molecule has 0 atom stereocenters. The van der Waals surface area contributed by atoms with Gasteiger partial charge in [0, 0.05) is 18.2 Å². The predicted octanol–water partition coefficient (Wildman–Crippen LogP) is 1.30. The van der Waals surface area contributed by atoms with Gasteiger partial charge >= 0.3 is 0 Å². The first kappa shape index (κ1) is 18.1. The third-order valence-corrected chi connectivity index (χ3v) is 3.32. The molecular formula is C18H17FN2O4. The number of ether oxygens (including phenoxy) is 1. The van der Waals surface area contributed by atoms with E-state index in [0.29, 0.717) is 16.9 Å². The number of nitrogens with one attached hydrogen (secondary N) is 2. The van der Waals surface area contributed by atoms with Crippen LogP contribution in [0.25, 0.3) is 0 Å². The molecule has 0 unspecified atom stereocenters. The van der Waals surface area contributed by atoms with Gasteiger partial charge in [-0.3, -0.25) is 14.4 Å². The van der Waals surface area contributed by atoms with Crippen molar-refractivity contribution in [2.45, 2.75) is 0 Å². The Morgan fingerprint density at radius 3 is 2.04 bits per heavy atom. The van der Waals surface area contributed by atoms with Crippen LogP contribution >= 0.6 is 0 Å². The number of hydrogen-bond acceptors (Lipinski definition) is 4. The number of amides is 2. The van der Waals surface area contributed by atoms with E-state index in [1.165, 1.54) is 31.3 Å². The second-order valence-electron chi connectivity index (χ2n) is 5.10. The lowest BCUT2D eigenvalue weighted by molar-refractivity contribution is -0.127. The normalized spacial score (nSPS) is 10.0. The highest BCUT2D eigenvalue weighted by Gasteiger charge is 2.10. The molecule has 2 amide bonds. The Bertz CT molecular complexity index is 758. The van der Waals surface area contributed by atoms with Gasteiger partial charge in [0.15, 0.2) is 12.4 Å². The molecule has 0 spiro atoms. The van der Waals surface area contributed by atoms with Gasteiger partial charge in [0.1, 0.15) is 11.6 Å². The van der Waals surface area contributed by atoms with Gasteiger partial charge in [-0.1, -0.05) is 0 Å². The molecule has 0 aliphatic rings. The number of benzene rings is 2. The molecule has 25 heavy (non-hydrogen) atoms. The Morgan fingerprint density at radius 2 is 1.48 bits per heavy atom. The Kier molecular flexibility index (Phi) is 6.22. The van der Waals surface area contributed by atoms with Gasteiger partial charge in [-0.15, -0.1) is 0 Å². The summed E-state index contributed by atoms with van der Waals surface area (Å²) in [6.07, 6.45) is 0. The first-order valence-electron chi connectivity index (χ1n) is 7.50. The van der Waals surface area contributed by atoms with E-state index < -0.39 is 11.7 Å². The summed E-state index contributed by atoms with van der Waals surface area (Å²) < 4.78 is 18.2. The van der Waals surface area contributed by atoms with Crippen molar-refractivity contribution in [2.24, 2.45) is 0 Å². The van der Waals surface area contributed by atoms with Crippen molar-refractivity contribution in [3.63, 3.8) is 0 Å². The molecule has 2 N–H and O–H groups in total. The average Bonchev–Trinajstić information content (AvgIpc) is 2.64. The molecule has 0 fully saturated rings. The summed E-state index contributed by atoms with van der Waals surface area (Å²) in [7, 11) is 1.47. The zero-order chi connectivity index (χ0) is 18.2. The molecular weight excluding hydrogens is 327 g/mol. The van der Waals surface area contributed by atoms with E-state index in [1.807, 2.05) is 0 Å². The number of hydrogen-bond donors (Lipinski definition) is 2. The summed E-state index contributed by atoms with van der Waals surface area (Å²) in [6.45, 7) is -0.369. The number of carbonyl (C=O) groups is 3. The first-order chi connectivity index (χ1) is 12.0. The minimum Gasteiger partial charge on any atom is -0.484 e. The molecule has 0 bridgehead atoms. The highest BCUT2D eigenvalue weighted by molar-refractivity contribution is 6.09. The maximum absolute atomic E-state index is 12.9. The largest absolute Gasteiger partial charge is 0.484 e. The number of rotatable bonds is 7. The van der Waals surface area contributed by atoms with Crippen LogP contribution in [0.15, 0.2) is 48.5 Å². The fourth-order valence-electron chi connectivity index (χ4n) is 1.94. The first-order valence-corrected chi connectivity index (χ1v) is 7.50. The van der Waals surface area contributed by atoms with Crippen LogP contribution < -0.4 is 15.4 Å².